The van der Waals surface area contributed by atoms with Gasteiger partial charge in [-0.05, 0) is 30.2 Å². The van der Waals surface area contributed by atoms with Gasteiger partial charge in [0.25, 0.3) is 0 Å². The molecule has 0 saturated carbocycles. The number of halogens is 6. The summed E-state index contributed by atoms with van der Waals surface area (Å²) in [6, 6.07) is 2.69. The zero-order valence-electron chi connectivity index (χ0n) is 13.1. The quantitative estimate of drug-likeness (QED) is 0.359. The highest BCUT2D eigenvalue weighted by molar-refractivity contribution is 6.85. The third-order valence-electron chi connectivity index (χ3n) is 3.57. The molecule has 0 aliphatic heterocycles. The summed E-state index contributed by atoms with van der Waals surface area (Å²) in [5.74, 6) is 2.87. The summed E-state index contributed by atoms with van der Waals surface area (Å²) >= 11 is 0. The van der Waals surface area contributed by atoms with Crippen molar-refractivity contribution in [3.05, 3.63) is 34.9 Å². The van der Waals surface area contributed by atoms with Crippen LogP contribution in [0.25, 0.3) is 0 Å². The van der Waals surface area contributed by atoms with Gasteiger partial charge in [-0.3, -0.25) is 0 Å². The topological polar surface area (TPSA) is 0 Å². The maximum Gasteiger partial charge on any atom is 0.416 e. The minimum Gasteiger partial charge on any atom is -0.166 e. The molecule has 0 aromatic heterocycles. The zero-order valence-corrected chi connectivity index (χ0v) is 14.1. The van der Waals surface area contributed by atoms with Crippen molar-refractivity contribution in [2.45, 2.75) is 51.3 Å². The Hall–Kier alpha value is -1.42. The van der Waals surface area contributed by atoms with Crippen LogP contribution in [-0.2, 0) is 18.8 Å². The summed E-state index contributed by atoms with van der Waals surface area (Å²) in [6.07, 6.45) is -9.43. The van der Waals surface area contributed by atoms with Crippen LogP contribution in [0.1, 0.15) is 30.0 Å². The van der Waals surface area contributed by atoms with E-state index in [1.54, 1.807) is 0 Å². The van der Waals surface area contributed by atoms with Gasteiger partial charge in [0.05, 0.1) is 11.1 Å². The number of hydrogen-bond acceptors (Lipinski definition) is 0. The van der Waals surface area contributed by atoms with Crippen LogP contribution in [-0.4, -0.2) is 8.07 Å². The molecule has 0 N–H and O–H groups in total. The van der Waals surface area contributed by atoms with Gasteiger partial charge in [-0.1, -0.05) is 26.1 Å². The Morgan fingerprint density at radius 2 is 1.61 bits per heavy atom. The Labute approximate surface area is 132 Å². The van der Waals surface area contributed by atoms with Crippen molar-refractivity contribution in [2.24, 2.45) is 0 Å². The molecule has 1 aromatic carbocycles. The van der Waals surface area contributed by atoms with E-state index in [2.05, 4.69) is 24.6 Å². The van der Waals surface area contributed by atoms with E-state index in [4.69, 9.17) is 0 Å². The first-order chi connectivity index (χ1) is 10.4. The van der Waals surface area contributed by atoms with Crippen LogP contribution in [0, 0.1) is 11.5 Å². The van der Waals surface area contributed by atoms with Gasteiger partial charge in [-0.2, -0.15) is 26.3 Å². The summed E-state index contributed by atoms with van der Waals surface area (Å²) in [5, 5.41) is 0. The number of benzene rings is 1. The molecule has 0 amide bonds. The fraction of sp³-hybridized carbons (Fsp3) is 0.500. The van der Waals surface area contributed by atoms with E-state index in [-0.39, 0.29) is 24.5 Å². The fourth-order valence-corrected chi connectivity index (χ4v) is 2.60. The minimum atomic E-state index is -4.82. The van der Waals surface area contributed by atoms with Crippen LogP contribution in [0.5, 0.6) is 0 Å². The van der Waals surface area contributed by atoms with Gasteiger partial charge in [-0.15, -0.1) is 11.5 Å². The Morgan fingerprint density at radius 3 is 2.09 bits per heavy atom. The van der Waals surface area contributed by atoms with Crippen molar-refractivity contribution in [3.63, 3.8) is 0 Å². The average Bonchev–Trinajstić information content (AvgIpc) is 2.41. The monoisotopic (exact) mass is 352 g/mol. The molecule has 0 nitrogen and oxygen atoms in total. The number of aryl methyl sites for hydroxylation is 1. The largest absolute Gasteiger partial charge is 0.416 e. The molecule has 1 rings (SSSR count). The Morgan fingerprint density at radius 1 is 1.00 bits per heavy atom. The first-order valence-corrected chi connectivity index (χ1v) is 10.3. The third kappa shape index (κ3) is 5.94. The van der Waals surface area contributed by atoms with Crippen LogP contribution in [0.2, 0.25) is 19.1 Å². The molecule has 7 heteroatoms. The van der Waals surface area contributed by atoms with Gasteiger partial charge in [0.1, 0.15) is 8.07 Å². The molecule has 0 fully saturated rings. The lowest BCUT2D eigenvalue weighted by Crippen LogP contribution is -2.21. The van der Waals surface area contributed by atoms with Gasteiger partial charge >= 0.3 is 12.4 Å². The van der Waals surface area contributed by atoms with E-state index >= 15 is 0 Å². The molecule has 0 saturated heterocycles. The van der Waals surface area contributed by atoms with Gasteiger partial charge in [0.15, 0.2) is 0 Å². The molecular formula is C16H18F6Si. The highest BCUT2D eigenvalue weighted by Gasteiger charge is 2.37. The Bertz CT molecular complexity index is 602. The first-order valence-electron chi connectivity index (χ1n) is 7.14. The fourth-order valence-electron chi connectivity index (χ4n) is 1.82. The average molecular weight is 352 g/mol. The van der Waals surface area contributed by atoms with Crippen molar-refractivity contribution in [1.82, 2.24) is 0 Å². The maximum absolute atomic E-state index is 13.0. The normalized spacial score (nSPS) is 12.7. The minimum absolute atomic E-state index is 0.0197. The van der Waals surface area contributed by atoms with Crippen molar-refractivity contribution in [2.75, 3.05) is 0 Å². The van der Waals surface area contributed by atoms with E-state index in [1.165, 1.54) is 0 Å². The smallest absolute Gasteiger partial charge is 0.166 e. The molecule has 0 aliphatic carbocycles. The van der Waals surface area contributed by atoms with Crippen LogP contribution < -0.4 is 0 Å². The molecule has 0 unspecified atom stereocenters. The maximum atomic E-state index is 13.0. The second-order valence-corrected chi connectivity index (χ2v) is 10.6. The molecule has 0 heterocycles. The van der Waals surface area contributed by atoms with E-state index in [0.717, 1.165) is 12.1 Å². The molecule has 23 heavy (non-hydrogen) atoms. The van der Waals surface area contributed by atoms with Crippen molar-refractivity contribution < 1.29 is 26.3 Å². The lowest BCUT2D eigenvalue weighted by molar-refractivity contribution is -0.143. The van der Waals surface area contributed by atoms with Gasteiger partial charge in [0.2, 0.25) is 0 Å². The highest BCUT2D eigenvalue weighted by atomic mass is 28.3. The van der Waals surface area contributed by atoms with E-state index < -0.39 is 31.6 Å². The standard InChI is InChI=1S/C16H18F6Si/c1-4-23(2,3)10-6-5-7-12-8-9-13(15(17,18)19)11-14(12)16(20,21)22/h8-9,11H,4-5,7H2,1-3H3. The summed E-state index contributed by atoms with van der Waals surface area (Å²) in [7, 11) is -1.63. The predicted octanol–water partition coefficient (Wildman–Crippen LogP) is 5.93. The van der Waals surface area contributed by atoms with Crippen molar-refractivity contribution >= 4 is 8.07 Å². The molecule has 1 aromatic rings. The number of alkyl halides is 6. The Balaban J connectivity index is 3.03. The summed E-state index contributed by atoms with van der Waals surface area (Å²) < 4.78 is 76.7. The number of rotatable bonds is 3. The van der Waals surface area contributed by atoms with Gasteiger partial charge in [0, 0.05) is 6.42 Å². The van der Waals surface area contributed by atoms with E-state index in [0.29, 0.717) is 6.07 Å². The molecule has 0 atom stereocenters. The first kappa shape index (κ1) is 19.6. The lowest BCUT2D eigenvalue weighted by atomic mass is 9.99. The van der Waals surface area contributed by atoms with Crippen LogP contribution in [0.4, 0.5) is 26.3 Å². The molecule has 0 aliphatic rings. The third-order valence-corrected chi connectivity index (χ3v) is 6.19. The predicted molar refractivity (Wildman–Crippen MR) is 80.5 cm³/mol. The van der Waals surface area contributed by atoms with Crippen molar-refractivity contribution in [1.29, 1.82) is 0 Å². The van der Waals surface area contributed by atoms with Gasteiger partial charge in [-0.25, -0.2) is 0 Å². The lowest BCUT2D eigenvalue weighted by Gasteiger charge is -2.15. The Kier molecular flexibility index (Phi) is 5.97. The number of hydrogen-bond donors (Lipinski definition) is 0. The SMILES string of the molecule is CC[Si](C)(C)C#CCCc1ccc(C(F)(F)F)cc1C(F)(F)F. The molecule has 0 spiro atoms. The summed E-state index contributed by atoms with van der Waals surface area (Å²) in [6.45, 7) is 6.12. The zero-order chi connectivity index (χ0) is 17.9. The second-order valence-electron chi connectivity index (χ2n) is 5.91. The summed E-state index contributed by atoms with van der Waals surface area (Å²) in [4.78, 5) is 0. The van der Waals surface area contributed by atoms with E-state index in [9.17, 15) is 26.3 Å². The van der Waals surface area contributed by atoms with Crippen molar-refractivity contribution in [3.8, 4) is 11.5 Å². The molecule has 0 radical (unpaired) electrons. The van der Waals surface area contributed by atoms with Crippen LogP contribution in [0.15, 0.2) is 18.2 Å². The molecule has 0 bridgehead atoms. The van der Waals surface area contributed by atoms with Gasteiger partial charge < -0.3 is 0 Å². The summed E-state index contributed by atoms with van der Waals surface area (Å²) in [5.41, 5.74) is 0.416. The van der Waals surface area contributed by atoms with E-state index in [1.807, 2.05) is 6.92 Å². The van der Waals surface area contributed by atoms with Crippen LogP contribution in [0.3, 0.4) is 0 Å². The molecule has 128 valence electrons. The highest BCUT2D eigenvalue weighted by Crippen LogP contribution is 2.37. The second kappa shape index (κ2) is 6.99. The molecular weight excluding hydrogens is 334 g/mol. The van der Waals surface area contributed by atoms with Crippen LogP contribution >= 0.6 is 0 Å².